The minimum Gasteiger partial charge on any atom is -0.356 e. The molecule has 0 atom stereocenters. The zero-order valence-corrected chi connectivity index (χ0v) is 14.5. The van der Waals surface area contributed by atoms with Crippen molar-refractivity contribution in [1.82, 2.24) is 24.9 Å². The summed E-state index contributed by atoms with van der Waals surface area (Å²) < 4.78 is 0. The van der Waals surface area contributed by atoms with Crippen molar-refractivity contribution >= 4 is 5.82 Å². The summed E-state index contributed by atoms with van der Waals surface area (Å²) in [5.74, 6) is 2.07. The highest BCUT2D eigenvalue weighted by Crippen LogP contribution is 2.27. The lowest BCUT2D eigenvalue weighted by Gasteiger charge is -2.32. The molecule has 0 amide bonds. The molecular weight excluding hydrogens is 326 g/mol. The van der Waals surface area contributed by atoms with Gasteiger partial charge in [-0.2, -0.15) is 0 Å². The van der Waals surface area contributed by atoms with Gasteiger partial charge in [-0.1, -0.05) is 6.07 Å². The number of anilines is 1. The second-order valence-electron chi connectivity index (χ2n) is 6.41. The third-order valence-corrected chi connectivity index (χ3v) is 4.70. The summed E-state index contributed by atoms with van der Waals surface area (Å²) in [5.41, 5.74) is 8.08. The van der Waals surface area contributed by atoms with Gasteiger partial charge in [0.15, 0.2) is 5.82 Å². The van der Waals surface area contributed by atoms with Crippen LogP contribution < -0.4 is 10.6 Å². The van der Waals surface area contributed by atoms with Crippen molar-refractivity contribution in [2.24, 2.45) is 11.7 Å². The lowest BCUT2D eigenvalue weighted by atomic mass is 9.97. The number of rotatable bonds is 4. The van der Waals surface area contributed by atoms with Crippen LogP contribution in [0.25, 0.3) is 22.9 Å². The average Bonchev–Trinajstić information content (AvgIpc) is 2.75. The standard InChI is InChI=1S/C19H21N7/c20-12-14-4-9-26(10-5-14)18-11-16(15-3-1-2-6-22-15)24-19(25-18)17-13-21-7-8-23-17/h1-3,6-8,11,13-14H,4-5,9-10,12,20H2. The molecule has 0 saturated carbocycles. The molecule has 0 unspecified atom stereocenters. The molecule has 1 aliphatic rings. The molecule has 3 aromatic rings. The number of hydrogen-bond donors (Lipinski definition) is 1. The van der Waals surface area contributed by atoms with Gasteiger partial charge in [0.2, 0.25) is 0 Å². The number of pyridine rings is 1. The lowest BCUT2D eigenvalue weighted by Crippen LogP contribution is -2.36. The van der Waals surface area contributed by atoms with Crippen LogP contribution in [0.15, 0.2) is 49.1 Å². The first kappa shape index (κ1) is 16.5. The molecule has 7 heteroatoms. The minimum absolute atomic E-state index is 0.567. The Morgan fingerprint density at radius 2 is 1.81 bits per heavy atom. The molecule has 0 spiro atoms. The van der Waals surface area contributed by atoms with Crippen molar-refractivity contribution in [3.63, 3.8) is 0 Å². The predicted octanol–water partition coefficient (Wildman–Crippen LogP) is 2.17. The van der Waals surface area contributed by atoms with E-state index < -0.39 is 0 Å². The van der Waals surface area contributed by atoms with Gasteiger partial charge < -0.3 is 10.6 Å². The van der Waals surface area contributed by atoms with Gasteiger partial charge in [0.1, 0.15) is 11.5 Å². The van der Waals surface area contributed by atoms with Gasteiger partial charge in [-0.3, -0.25) is 9.97 Å². The van der Waals surface area contributed by atoms with Gasteiger partial charge in [0.05, 0.1) is 17.6 Å². The summed E-state index contributed by atoms with van der Waals surface area (Å²) >= 11 is 0. The number of nitrogens with zero attached hydrogens (tertiary/aromatic N) is 6. The Kier molecular flexibility index (Phi) is 4.79. The van der Waals surface area contributed by atoms with E-state index in [-0.39, 0.29) is 0 Å². The van der Waals surface area contributed by atoms with E-state index in [0.717, 1.165) is 49.7 Å². The van der Waals surface area contributed by atoms with Crippen LogP contribution in [0.5, 0.6) is 0 Å². The second-order valence-corrected chi connectivity index (χ2v) is 6.41. The van der Waals surface area contributed by atoms with Crippen LogP contribution in [-0.4, -0.2) is 44.6 Å². The molecule has 132 valence electrons. The average molecular weight is 347 g/mol. The van der Waals surface area contributed by atoms with E-state index in [0.29, 0.717) is 17.4 Å². The van der Waals surface area contributed by atoms with Crippen molar-refractivity contribution in [2.45, 2.75) is 12.8 Å². The van der Waals surface area contributed by atoms with E-state index in [4.69, 9.17) is 10.7 Å². The number of piperidine rings is 1. The Hall–Kier alpha value is -2.93. The topological polar surface area (TPSA) is 93.7 Å². The molecule has 3 aromatic heterocycles. The SMILES string of the molecule is NCC1CCN(c2cc(-c3ccccn3)nc(-c3cnccn3)n2)CC1. The number of hydrogen-bond acceptors (Lipinski definition) is 7. The molecule has 1 saturated heterocycles. The summed E-state index contributed by atoms with van der Waals surface area (Å²) in [4.78, 5) is 24.7. The maximum atomic E-state index is 5.82. The normalized spacial score (nSPS) is 15.2. The van der Waals surface area contributed by atoms with Crippen LogP contribution in [0, 0.1) is 5.92 Å². The fraction of sp³-hybridized carbons (Fsp3) is 0.316. The highest BCUT2D eigenvalue weighted by Gasteiger charge is 2.21. The van der Waals surface area contributed by atoms with Gasteiger partial charge in [-0.25, -0.2) is 15.0 Å². The highest BCUT2D eigenvalue weighted by molar-refractivity contribution is 5.64. The maximum absolute atomic E-state index is 5.82. The molecule has 7 nitrogen and oxygen atoms in total. The zero-order chi connectivity index (χ0) is 17.8. The van der Waals surface area contributed by atoms with Crippen LogP contribution in [0.4, 0.5) is 5.82 Å². The molecular formula is C19H21N7. The van der Waals surface area contributed by atoms with Crippen LogP contribution in [0.1, 0.15) is 12.8 Å². The fourth-order valence-electron chi connectivity index (χ4n) is 3.17. The summed E-state index contributed by atoms with van der Waals surface area (Å²) in [5, 5.41) is 0. The predicted molar refractivity (Wildman–Crippen MR) is 100 cm³/mol. The quantitative estimate of drug-likeness (QED) is 0.773. The van der Waals surface area contributed by atoms with Crippen LogP contribution in [0.3, 0.4) is 0 Å². The third kappa shape index (κ3) is 3.52. The second kappa shape index (κ2) is 7.53. The van der Waals surface area contributed by atoms with Gasteiger partial charge in [0.25, 0.3) is 0 Å². The Morgan fingerprint density at radius 3 is 2.50 bits per heavy atom. The summed E-state index contributed by atoms with van der Waals surface area (Å²) in [6, 6.07) is 7.81. The van der Waals surface area contributed by atoms with E-state index in [1.807, 2.05) is 24.3 Å². The lowest BCUT2D eigenvalue weighted by molar-refractivity contribution is 0.413. The Morgan fingerprint density at radius 1 is 0.962 bits per heavy atom. The minimum atomic E-state index is 0.567. The van der Waals surface area contributed by atoms with Gasteiger partial charge >= 0.3 is 0 Å². The van der Waals surface area contributed by atoms with E-state index in [2.05, 4.69) is 24.8 Å². The number of aromatic nitrogens is 5. The smallest absolute Gasteiger partial charge is 0.182 e. The summed E-state index contributed by atoms with van der Waals surface area (Å²) in [6.45, 7) is 2.64. The summed E-state index contributed by atoms with van der Waals surface area (Å²) in [6.07, 6.45) is 8.91. The molecule has 0 bridgehead atoms. The van der Waals surface area contributed by atoms with Crippen molar-refractivity contribution in [3.05, 3.63) is 49.1 Å². The van der Waals surface area contributed by atoms with Crippen LogP contribution in [-0.2, 0) is 0 Å². The zero-order valence-electron chi connectivity index (χ0n) is 14.5. The molecule has 26 heavy (non-hydrogen) atoms. The number of nitrogens with two attached hydrogens (primary N) is 1. The van der Waals surface area contributed by atoms with Gasteiger partial charge in [-0.15, -0.1) is 0 Å². The van der Waals surface area contributed by atoms with E-state index in [1.54, 1.807) is 24.8 Å². The molecule has 0 radical (unpaired) electrons. The molecule has 4 heterocycles. The molecule has 2 N–H and O–H groups in total. The van der Waals surface area contributed by atoms with Crippen LogP contribution >= 0.6 is 0 Å². The Bertz CT molecular complexity index is 789. The molecule has 1 aliphatic heterocycles. The molecule has 4 rings (SSSR count). The Balaban J connectivity index is 1.74. The van der Waals surface area contributed by atoms with Crippen molar-refractivity contribution in [3.8, 4) is 22.9 Å². The Labute approximate surface area is 152 Å². The van der Waals surface area contributed by atoms with Crippen LogP contribution in [0.2, 0.25) is 0 Å². The van der Waals surface area contributed by atoms with Gasteiger partial charge in [0, 0.05) is 37.7 Å². The van der Waals surface area contributed by atoms with Crippen molar-refractivity contribution in [2.75, 3.05) is 24.5 Å². The van der Waals surface area contributed by atoms with E-state index in [1.165, 1.54) is 0 Å². The molecule has 0 aromatic carbocycles. The van der Waals surface area contributed by atoms with Crippen molar-refractivity contribution < 1.29 is 0 Å². The third-order valence-electron chi connectivity index (χ3n) is 4.70. The largest absolute Gasteiger partial charge is 0.356 e. The van der Waals surface area contributed by atoms with Crippen molar-refractivity contribution in [1.29, 1.82) is 0 Å². The summed E-state index contributed by atoms with van der Waals surface area (Å²) in [7, 11) is 0. The highest BCUT2D eigenvalue weighted by atomic mass is 15.2. The first-order chi connectivity index (χ1) is 12.8. The fourth-order valence-corrected chi connectivity index (χ4v) is 3.17. The van der Waals surface area contributed by atoms with E-state index >= 15 is 0 Å². The first-order valence-corrected chi connectivity index (χ1v) is 8.85. The maximum Gasteiger partial charge on any atom is 0.182 e. The molecule has 0 aliphatic carbocycles. The monoisotopic (exact) mass is 347 g/mol. The molecule has 1 fully saturated rings. The van der Waals surface area contributed by atoms with E-state index in [9.17, 15) is 0 Å². The first-order valence-electron chi connectivity index (χ1n) is 8.85. The van der Waals surface area contributed by atoms with Gasteiger partial charge in [-0.05, 0) is 37.4 Å².